The lowest BCUT2D eigenvalue weighted by atomic mass is 9.67. The third kappa shape index (κ3) is 9.56. The van der Waals surface area contributed by atoms with E-state index in [-0.39, 0.29) is 29.6 Å². The Balaban J connectivity index is 1.09. The van der Waals surface area contributed by atoms with E-state index in [1.807, 2.05) is 29.2 Å². The first kappa shape index (κ1) is 37.1. The number of carbonyl (C=O) groups is 2. The largest absolute Gasteiger partial charge is 0.508 e. The molecule has 0 spiro atoms. The fourth-order valence-electron chi connectivity index (χ4n) is 6.95. The lowest BCUT2D eigenvalue weighted by Gasteiger charge is -2.42. The summed E-state index contributed by atoms with van der Waals surface area (Å²) in [4.78, 5) is 29.2. The summed E-state index contributed by atoms with van der Waals surface area (Å²) >= 11 is 0. The van der Waals surface area contributed by atoms with Crippen LogP contribution in [0.15, 0.2) is 60.7 Å². The molecular formula is C40H54N4O6. The first-order chi connectivity index (χ1) is 24.2. The lowest BCUT2D eigenvalue weighted by molar-refractivity contribution is -0.132. The minimum absolute atomic E-state index is 0.0118. The van der Waals surface area contributed by atoms with Crippen molar-refractivity contribution in [2.75, 3.05) is 71.5 Å². The van der Waals surface area contributed by atoms with E-state index in [0.29, 0.717) is 81.8 Å². The molecule has 10 heteroatoms. The van der Waals surface area contributed by atoms with Gasteiger partial charge < -0.3 is 40.1 Å². The number of rotatable bonds is 17. The molecule has 5 rings (SSSR count). The molecule has 4 N–H and O–H groups in total. The highest BCUT2D eigenvalue weighted by Gasteiger charge is 2.39. The molecule has 50 heavy (non-hydrogen) atoms. The van der Waals surface area contributed by atoms with E-state index in [2.05, 4.69) is 66.8 Å². The van der Waals surface area contributed by atoms with E-state index >= 15 is 0 Å². The number of phenolic OH excluding ortho intramolecular Hbond substituents is 2. The summed E-state index contributed by atoms with van der Waals surface area (Å²) in [6.45, 7) is 9.66. The smallest absolute Gasteiger partial charge is 0.262 e. The Labute approximate surface area is 296 Å². The lowest BCUT2D eigenvalue weighted by Crippen LogP contribution is -2.41. The summed E-state index contributed by atoms with van der Waals surface area (Å²) in [5.41, 5.74) is 4.35. The maximum Gasteiger partial charge on any atom is 0.262 e. The van der Waals surface area contributed by atoms with Crippen molar-refractivity contribution in [2.45, 2.75) is 57.8 Å². The van der Waals surface area contributed by atoms with Crippen molar-refractivity contribution in [3.05, 3.63) is 82.9 Å². The van der Waals surface area contributed by atoms with Crippen LogP contribution >= 0.6 is 0 Å². The van der Waals surface area contributed by atoms with E-state index in [1.54, 1.807) is 6.07 Å². The number of aromatic hydroxyl groups is 2. The van der Waals surface area contributed by atoms with Gasteiger partial charge in [-0.15, -0.1) is 0 Å². The normalized spacial score (nSPS) is 15.7. The second-order valence-corrected chi connectivity index (χ2v) is 14.1. The van der Waals surface area contributed by atoms with Gasteiger partial charge in [0.25, 0.3) is 5.91 Å². The number of likely N-dealkylation sites (tertiary alicyclic amines) is 1. The molecule has 2 aliphatic rings. The zero-order chi connectivity index (χ0) is 35.5. The number of hydrogen-bond acceptors (Lipinski definition) is 8. The van der Waals surface area contributed by atoms with Crippen LogP contribution in [-0.4, -0.2) is 98.0 Å². The number of fused-ring (bicyclic) bond motifs is 1. The Morgan fingerprint density at radius 3 is 2.52 bits per heavy atom. The zero-order valence-corrected chi connectivity index (χ0v) is 29.9. The summed E-state index contributed by atoms with van der Waals surface area (Å²) in [5.74, 6) is 1.13. The summed E-state index contributed by atoms with van der Waals surface area (Å²) in [6.07, 6.45) is 4.50. The molecule has 0 bridgehead atoms. The van der Waals surface area contributed by atoms with E-state index in [1.165, 1.54) is 5.56 Å². The SMILES string of the molecule is CC(C)CCN(CCNCCc1ccc(O)c2c1OCC(=O)N2)C(=O)CCOCCc1ccc(O)c(C2(c3ccccc3)CCN(C)CC2)c1. The van der Waals surface area contributed by atoms with Gasteiger partial charge in [-0.25, -0.2) is 0 Å². The maximum atomic E-state index is 13.3. The van der Waals surface area contributed by atoms with Gasteiger partial charge >= 0.3 is 0 Å². The fourth-order valence-corrected chi connectivity index (χ4v) is 6.95. The van der Waals surface area contributed by atoms with Gasteiger partial charge in [0.15, 0.2) is 12.4 Å². The van der Waals surface area contributed by atoms with Crippen LogP contribution in [-0.2, 0) is 32.6 Å². The Hall–Kier alpha value is -4.12. The maximum absolute atomic E-state index is 13.3. The van der Waals surface area contributed by atoms with Gasteiger partial charge in [-0.2, -0.15) is 0 Å². The molecule has 0 saturated carbocycles. The van der Waals surface area contributed by atoms with Crippen LogP contribution in [0, 0.1) is 5.92 Å². The first-order valence-electron chi connectivity index (χ1n) is 18.1. The number of carbonyl (C=O) groups excluding carboxylic acids is 2. The summed E-state index contributed by atoms with van der Waals surface area (Å²) in [6, 6.07) is 19.9. The monoisotopic (exact) mass is 686 g/mol. The van der Waals surface area contributed by atoms with Crippen LogP contribution in [0.3, 0.4) is 0 Å². The van der Waals surface area contributed by atoms with Gasteiger partial charge in [0.05, 0.1) is 19.6 Å². The molecule has 2 aliphatic heterocycles. The molecule has 0 aromatic heterocycles. The number of hydrogen-bond donors (Lipinski definition) is 4. The fraction of sp³-hybridized carbons (Fsp3) is 0.500. The molecule has 1 saturated heterocycles. The number of amides is 2. The van der Waals surface area contributed by atoms with Crippen molar-refractivity contribution in [3.63, 3.8) is 0 Å². The van der Waals surface area contributed by atoms with Gasteiger partial charge in [0.2, 0.25) is 5.91 Å². The topological polar surface area (TPSA) is 124 Å². The predicted molar refractivity (Wildman–Crippen MR) is 196 cm³/mol. The van der Waals surface area contributed by atoms with Crippen LogP contribution < -0.4 is 15.4 Å². The molecule has 0 radical (unpaired) electrons. The Kier molecular flexibility index (Phi) is 13.1. The predicted octanol–water partition coefficient (Wildman–Crippen LogP) is 5.10. The van der Waals surface area contributed by atoms with Gasteiger partial charge in [-0.1, -0.05) is 62.4 Å². The van der Waals surface area contributed by atoms with E-state index in [4.69, 9.17) is 9.47 Å². The van der Waals surface area contributed by atoms with E-state index < -0.39 is 0 Å². The average molecular weight is 687 g/mol. The molecule has 10 nitrogen and oxygen atoms in total. The van der Waals surface area contributed by atoms with Gasteiger partial charge in [-0.05, 0) is 93.5 Å². The average Bonchev–Trinajstić information content (AvgIpc) is 3.11. The third-order valence-electron chi connectivity index (χ3n) is 10.0. The highest BCUT2D eigenvalue weighted by atomic mass is 16.5. The third-order valence-corrected chi connectivity index (χ3v) is 10.0. The number of ether oxygens (including phenoxy) is 2. The molecule has 1 fully saturated rings. The Morgan fingerprint density at radius 1 is 1.00 bits per heavy atom. The van der Waals surface area contributed by atoms with Crippen LogP contribution in [0.2, 0.25) is 0 Å². The number of nitrogens with zero attached hydrogens (tertiary/aromatic N) is 2. The minimum Gasteiger partial charge on any atom is -0.508 e. The molecule has 0 unspecified atom stereocenters. The standard InChI is InChI=1S/C40H54N4O6/c1-29(2)14-21-44(24-20-41-19-13-31-10-12-35(46)38-39(31)50-28-36(47)42-38)37(48)16-26-49-25-15-30-9-11-34(45)33(27-30)40(17-22-43(3)23-18-40)32-7-5-4-6-8-32/h4-12,27,29,41,45-46H,13-26,28H2,1-3H3,(H,42,47). The van der Waals surface area contributed by atoms with Gasteiger partial charge in [-0.3, -0.25) is 9.59 Å². The molecule has 2 heterocycles. The quantitative estimate of drug-likeness (QED) is 0.114. The number of nitrogens with one attached hydrogen (secondary N) is 2. The Bertz CT molecular complexity index is 1570. The second kappa shape index (κ2) is 17.7. The molecular weight excluding hydrogens is 632 g/mol. The zero-order valence-electron chi connectivity index (χ0n) is 29.9. The number of phenols is 2. The minimum atomic E-state index is -0.286. The summed E-state index contributed by atoms with van der Waals surface area (Å²) in [7, 11) is 2.15. The van der Waals surface area contributed by atoms with Crippen molar-refractivity contribution < 1.29 is 29.3 Å². The second-order valence-electron chi connectivity index (χ2n) is 14.1. The van der Waals surface area contributed by atoms with E-state index in [0.717, 1.165) is 49.0 Å². The number of piperidine rings is 1. The van der Waals surface area contributed by atoms with Crippen molar-refractivity contribution >= 4 is 17.5 Å². The molecule has 0 atom stereocenters. The summed E-state index contributed by atoms with van der Waals surface area (Å²) < 4.78 is 11.6. The highest BCUT2D eigenvalue weighted by molar-refractivity contribution is 5.97. The molecule has 0 aliphatic carbocycles. The molecule has 3 aromatic carbocycles. The molecule has 3 aromatic rings. The first-order valence-corrected chi connectivity index (χ1v) is 18.1. The van der Waals surface area contributed by atoms with Crippen LogP contribution in [0.1, 0.15) is 61.8 Å². The van der Waals surface area contributed by atoms with Crippen LogP contribution in [0.4, 0.5) is 5.69 Å². The van der Waals surface area contributed by atoms with E-state index in [9.17, 15) is 19.8 Å². The number of benzene rings is 3. The Morgan fingerprint density at radius 2 is 1.76 bits per heavy atom. The van der Waals surface area contributed by atoms with Crippen molar-refractivity contribution in [2.24, 2.45) is 5.92 Å². The van der Waals surface area contributed by atoms with Crippen molar-refractivity contribution in [1.29, 1.82) is 0 Å². The van der Waals surface area contributed by atoms with Gasteiger partial charge in [0, 0.05) is 30.6 Å². The van der Waals surface area contributed by atoms with Gasteiger partial charge in [0.1, 0.15) is 17.2 Å². The summed E-state index contributed by atoms with van der Waals surface area (Å²) in [5, 5.41) is 27.3. The van der Waals surface area contributed by atoms with Crippen molar-refractivity contribution in [3.8, 4) is 17.2 Å². The molecule has 2 amide bonds. The van der Waals surface area contributed by atoms with Crippen LogP contribution in [0.25, 0.3) is 0 Å². The molecule has 270 valence electrons. The van der Waals surface area contributed by atoms with Crippen molar-refractivity contribution in [1.82, 2.24) is 15.1 Å². The highest BCUT2D eigenvalue weighted by Crippen LogP contribution is 2.45. The number of anilines is 1. The van der Waals surface area contributed by atoms with Crippen LogP contribution in [0.5, 0.6) is 17.2 Å².